The summed E-state index contributed by atoms with van der Waals surface area (Å²) in [5.41, 5.74) is 10.8. The smallest absolute Gasteiger partial charge is 0.325 e. The minimum absolute atomic E-state index is 0.340. The van der Waals surface area contributed by atoms with Gasteiger partial charge in [0.05, 0.1) is 19.1 Å². The van der Waals surface area contributed by atoms with E-state index in [2.05, 4.69) is 16.0 Å². The molecule has 0 aromatic carbocycles. The lowest BCUT2D eigenvalue weighted by Crippen LogP contribution is -2.58. The number of rotatable bonds is 13. The Bertz CT molecular complexity index is 589. The number of hydrogen-bond acceptors (Lipinski definition) is 8. The maximum absolute atomic E-state index is 12.4. The third-order valence-corrected chi connectivity index (χ3v) is 4.20. The first-order chi connectivity index (χ1) is 13.0. The van der Waals surface area contributed by atoms with Crippen LogP contribution in [0.3, 0.4) is 0 Å². The van der Waals surface area contributed by atoms with Gasteiger partial charge in [0.2, 0.25) is 23.6 Å². The van der Waals surface area contributed by atoms with E-state index >= 15 is 0 Å². The highest BCUT2D eigenvalue weighted by Crippen LogP contribution is 2.01. The minimum atomic E-state index is -1.49. The summed E-state index contributed by atoms with van der Waals surface area (Å²) in [5.74, 6) is -4.18. The molecule has 0 aliphatic rings. The minimum Gasteiger partial charge on any atom is -0.480 e. The summed E-state index contributed by atoms with van der Waals surface area (Å²) in [6.45, 7) is 0.358. The molecule has 0 bridgehead atoms. The molecule has 0 heterocycles. The van der Waals surface area contributed by atoms with E-state index in [0.717, 1.165) is 0 Å². The van der Waals surface area contributed by atoms with Crippen LogP contribution in [0.1, 0.15) is 19.8 Å². The normalized spacial score (nSPS) is 14.9. The van der Waals surface area contributed by atoms with E-state index in [4.69, 9.17) is 16.6 Å². The number of carbonyl (C=O) groups is 5. The van der Waals surface area contributed by atoms with Gasteiger partial charge in [-0.05, 0) is 25.4 Å². The topological polar surface area (TPSA) is 214 Å². The van der Waals surface area contributed by atoms with Gasteiger partial charge in [-0.15, -0.1) is 0 Å². The Hall–Kier alpha value is -2.38. The number of primary amides is 1. The van der Waals surface area contributed by atoms with Crippen LogP contribution >= 0.6 is 11.8 Å². The van der Waals surface area contributed by atoms with Gasteiger partial charge in [0.1, 0.15) is 18.1 Å². The fraction of sp³-hybridized carbons (Fsp3) is 0.667. The zero-order chi connectivity index (χ0) is 21.9. The first kappa shape index (κ1) is 25.6. The van der Waals surface area contributed by atoms with Crippen molar-refractivity contribution in [2.45, 2.75) is 43.9 Å². The second-order valence-corrected chi connectivity index (χ2v) is 6.92. The van der Waals surface area contributed by atoms with Gasteiger partial charge in [0.25, 0.3) is 0 Å². The molecule has 28 heavy (non-hydrogen) atoms. The molecule has 0 aromatic rings. The van der Waals surface area contributed by atoms with Crippen LogP contribution in [-0.4, -0.2) is 82.6 Å². The molecule has 0 aliphatic heterocycles. The predicted molar refractivity (Wildman–Crippen MR) is 101 cm³/mol. The summed E-state index contributed by atoms with van der Waals surface area (Å²) in [6.07, 6.45) is 1.62. The molecule has 0 aliphatic carbocycles. The molecule has 13 heteroatoms. The van der Waals surface area contributed by atoms with Gasteiger partial charge in [-0.1, -0.05) is 0 Å². The second kappa shape index (κ2) is 12.9. The van der Waals surface area contributed by atoms with Gasteiger partial charge in [-0.3, -0.25) is 24.0 Å². The average Bonchev–Trinajstić information content (AvgIpc) is 2.62. The summed E-state index contributed by atoms with van der Waals surface area (Å²) in [7, 11) is 0. The Morgan fingerprint density at radius 3 is 2.00 bits per heavy atom. The molecule has 0 fully saturated rings. The number of nitrogens with two attached hydrogens (primary N) is 2. The monoisotopic (exact) mass is 421 g/mol. The van der Waals surface area contributed by atoms with Crippen LogP contribution in [0.15, 0.2) is 0 Å². The Balaban J connectivity index is 5.07. The van der Waals surface area contributed by atoms with E-state index in [1.807, 2.05) is 6.26 Å². The first-order valence-electron chi connectivity index (χ1n) is 8.31. The quantitative estimate of drug-likeness (QED) is 0.157. The summed E-state index contributed by atoms with van der Waals surface area (Å²) in [5, 5.41) is 24.6. The van der Waals surface area contributed by atoms with Crippen LogP contribution in [0.4, 0.5) is 0 Å². The van der Waals surface area contributed by atoms with Crippen LogP contribution in [0.25, 0.3) is 0 Å². The highest BCUT2D eigenvalue weighted by molar-refractivity contribution is 7.98. The van der Waals surface area contributed by atoms with Gasteiger partial charge < -0.3 is 37.6 Å². The predicted octanol–water partition coefficient (Wildman–Crippen LogP) is -3.51. The van der Waals surface area contributed by atoms with Crippen LogP contribution < -0.4 is 27.4 Å². The van der Waals surface area contributed by atoms with Gasteiger partial charge in [-0.25, -0.2) is 0 Å². The van der Waals surface area contributed by atoms with Crippen molar-refractivity contribution in [3.8, 4) is 0 Å². The third kappa shape index (κ3) is 9.53. The lowest BCUT2D eigenvalue weighted by Gasteiger charge is -2.23. The van der Waals surface area contributed by atoms with E-state index in [1.165, 1.54) is 18.7 Å². The van der Waals surface area contributed by atoms with Crippen molar-refractivity contribution in [2.75, 3.05) is 18.6 Å². The summed E-state index contributed by atoms with van der Waals surface area (Å²) in [6, 6.07) is -5.08. The Labute approximate surface area is 166 Å². The van der Waals surface area contributed by atoms with Gasteiger partial charge >= 0.3 is 5.97 Å². The fourth-order valence-electron chi connectivity index (χ4n) is 1.91. The third-order valence-electron chi connectivity index (χ3n) is 3.55. The molecule has 0 radical (unpaired) electrons. The molecule has 160 valence electrons. The second-order valence-electron chi connectivity index (χ2n) is 5.93. The Kier molecular flexibility index (Phi) is 11.8. The number of aliphatic hydroxyl groups is 1. The number of aliphatic carboxylic acids is 1. The summed E-state index contributed by atoms with van der Waals surface area (Å²) < 4.78 is 0. The van der Waals surface area contributed by atoms with Crippen molar-refractivity contribution < 1.29 is 34.2 Å². The number of carboxylic acid groups (broad SMARTS) is 1. The maximum Gasteiger partial charge on any atom is 0.325 e. The lowest BCUT2D eigenvalue weighted by molar-refractivity contribution is -0.142. The molecule has 0 saturated carbocycles. The van der Waals surface area contributed by atoms with Crippen LogP contribution in [0.2, 0.25) is 0 Å². The van der Waals surface area contributed by atoms with Crippen LogP contribution in [-0.2, 0) is 24.0 Å². The molecule has 4 amide bonds. The van der Waals surface area contributed by atoms with E-state index in [-0.39, 0.29) is 0 Å². The average molecular weight is 421 g/mol. The fourth-order valence-corrected chi connectivity index (χ4v) is 2.40. The highest BCUT2D eigenvalue weighted by atomic mass is 32.2. The van der Waals surface area contributed by atoms with Crippen molar-refractivity contribution in [1.29, 1.82) is 0 Å². The van der Waals surface area contributed by atoms with Crippen LogP contribution in [0, 0.1) is 0 Å². The zero-order valence-electron chi connectivity index (χ0n) is 15.6. The number of carbonyl (C=O) groups excluding carboxylic acids is 4. The molecule has 4 atom stereocenters. The molecule has 0 spiro atoms. The number of amides is 4. The molecule has 9 N–H and O–H groups in total. The summed E-state index contributed by atoms with van der Waals surface area (Å²) >= 11 is 1.48. The van der Waals surface area contributed by atoms with Crippen molar-refractivity contribution in [3.63, 3.8) is 0 Å². The molecular formula is C15H27N5O7S. The maximum atomic E-state index is 12.4. The molecule has 4 unspecified atom stereocenters. The van der Waals surface area contributed by atoms with Gasteiger partial charge in [0, 0.05) is 0 Å². The van der Waals surface area contributed by atoms with Crippen molar-refractivity contribution in [3.05, 3.63) is 0 Å². The van der Waals surface area contributed by atoms with E-state index < -0.39 is 66.8 Å². The Morgan fingerprint density at radius 2 is 1.54 bits per heavy atom. The summed E-state index contributed by atoms with van der Waals surface area (Å²) in [4.78, 5) is 58.4. The zero-order valence-corrected chi connectivity index (χ0v) is 16.5. The van der Waals surface area contributed by atoms with Crippen molar-refractivity contribution in [1.82, 2.24) is 16.0 Å². The molecule has 0 saturated heterocycles. The van der Waals surface area contributed by atoms with Crippen LogP contribution in [0.5, 0.6) is 0 Å². The van der Waals surface area contributed by atoms with E-state index in [1.54, 1.807) is 0 Å². The first-order valence-corrected chi connectivity index (χ1v) is 9.70. The van der Waals surface area contributed by atoms with E-state index in [9.17, 15) is 29.1 Å². The lowest BCUT2D eigenvalue weighted by atomic mass is 10.1. The van der Waals surface area contributed by atoms with Gasteiger partial charge in [-0.2, -0.15) is 11.8 Å². The van der Waals surface area contributed by atoms with Gasteiger partial charge in [0.15, 0.2) is 0 Å². The van der Waals surface area contributed by atoms with E-state index in [0.29, 0.717) is 12.2 Å². The SMILES string of the molecule is CSCCC(N)C(=O)NC(CC(N)=O)C(=O)NC(CO)C(=O)NC(C)C(=O)O. The molecular weight excluding hydrogens is 394 g/mol. The molecule has 0 rings (SSSR count). The molecule has 12 nitrogen and oxygen atoms in total. The highest BCUT2D eigenvalue weighted by Gasteiger charge is 2.29. The van der Waals surface area contributed by atoms with Crippen molar-refractivity contribution >= 4 is 41.4 Å². The number of hydrogen-bond donors (Lipinski definition) is 7. The largest absolute Gasteiger partial charge is 0.480 e. The van der Waals surface area contributed by atoms with Crippen molar-refractivity contribution in [2.24, 2.45) is 11.5 Å². The molecule has 0 aromatic heterocycles. The number of aliphatic hydroxyl groups excluding tert-OH is 1. The standard InChI is InChI=1S/C15H27N5O7S/c1-7(15(26)27)18-14(25)10(6-21)20-13(24)9(5-11(17)22)19-12(23)8(16)3-4-28-2/h7-10,21H,3-6,16H2,1-2H3,(H2,17,22)(H,18,25)(H,19,23)(H,20,24)(H,26,27). The Morgan fingerprint density at radius 1 is 1.00 bits per heavy atom. The number of carboxylic acids is 1. The number of nitrogens with one attached hydrogen (secondary N) is 3. The number of thioether (sulfide) groups is 1.